The van der Waals surface area contributed by atoms with E-state index in [9.17, 15) is 10.1 Å². The fraction of sp³-hybridized carbons (Fsp3) is 0.714. The van der Waals surface area contributed by atoms with Crippen LogP contribution in [0.5, 0.6) is 0 Å². The van der Waals surface area contributed by atoms with Gasteiger partial charge in [0.05, 0.1) is 4.92 Å². The van der Waals surface area contributed by atoms with Crippen LogP contribution in [0.1, 0.15) is 36.6 Å². The Hall–Kier alpha value is -0.980. The summed E-state index contributed by atoms with van der Waals surface area (Å²) in [4.78, 5) is 14.4. The van der Waals surface area contributed by atoms with E-state index in [-0.39, 0.29) is 9.92 Å². The third-order valence-electron chi connectivity index (χ3n) is 4.48. The first-order valence-corrected chi connectivity index (χ1v) is 8.26. The normalized spacial score (nSPS) is 23.0. The van der Waals surface area contributed by atoms with E-state index in [2.05, 4.69) is 10.2 Å². The zero-order chi connectivity index (χ0) is 13.9. The summed E-state index contributed by atoms with van der Waals surface area (Å²) in [5.41, 5.74) is 0. The van der Waals surface area contributed by atoms with Crippen molar-refractivity contribution in [1.82, 2.24) is 10.2 Å². The summed E-state index contributed by atoms with van der Waals surface area (Å²) in [7, 11) is 0. The highest BCUT2D eigenvalue weighted by Gasteiger charge is 2.33. The molecular formula is C14H21N3O2S. The molecule has 1 N–H and O–H groups in total. The van der Waals surface area contributed by atoms with Gasteiger partial charge in [-0.3, -0.25) is 15.0 Å². The first-order chi connectivity index (χ1) is 9.75. The van der Waals surface area contributed by atoms with Crippen LogP contribution in [-0.4, -0.2) is 36.0 Å². The number of piperazine rings is 1. The van der Waals surface area contributed by atoms with Gasteiger partial charge in [-0.15, -0.1) is 0 Å². The second-order valence-electron chi connectivity index (χ2n) is 5.71. The number of hydrogen-bond donors (Lipinski definition) is 1. The summed E-state index contributed by atoms with van der Waals surface area (Å²) in [6.07, 6.45) is 5.14. The third kappa shape index (κ3) is 2.87. The maximum atomic E-state index is 10.9. The first kappa shape index (κ1) is 14.0. The molecule has 5 nitrogen and oxygen atoms in total. The second-order valence-corrected chi connectivity index (χ2v) is 6.80. The topological polar surface area (TPSA) is 58.4 Å². The number of hydrogen-bond acceptors (Lipinski definition) is 5. The van der Waals surface area contributed by atoms with E-state index in [1.54, 1.807) is 6.07 Å². The van der Waals surface area contributed by atoms with Gasteiger partial charge in [-0.05, 0) is 24.8 Å². The van der Waals surface area contributed by atoms with Gasteiger partial charge in [0, 0.05) is 43.2 Å². The molecule has 110 valence electrons. The van der Waals surface area contributed by atoms with Crippen LogP contribution in [0.3, 0.4) is 0 Å². The lowest BCUT2D eigenvalue weighted by atomic mass is 9.94. The van der Waals surface area contributed by atoms with Gasteiger partial charge in [-0.2, -0.15) is 0 Å². The number of nitro groups is 1. The molecule has 2 aliphatic rings. The monoisotopic (exact) mass is 295 g/mol. The molecule has 0 bridgehead atoms. The van der Waals surface area contributed by atoms with Crippen molar-refractivity contribution >= 4 is 16.3 Å². The Morgan fingerprint density at radius 1 is 1.30 bits per heavy atom. The molecule has 3 rings (SSSR count). The van der Waals surface area contributed by atoms with Crippen LogP contribution < -0.4 is 5.32 Å². The van der Waals surface area contributed by atoms with E-state index in [1.165, 1.54) is 41.9 Å². The highest BCUT2D eigenvalue weighted by Crippen LogP contribution is 2.43. The minimum absolute atomic E-state index is 0.266. The number of thiophene rings is 1. The van der Waals surface area contributed by atoms with Crippen LogP contribution in [0, 0.1) is 16.0 Å². The van der Waals surface area contributed by atoms with Crippen LogP contribution in [0.15, 0.2) is 12.1 Å². The maximum absolute atomic E-state index is 10.9. The van der Waals surface area contributed by atoms with Gasteiger partial charge in [0.1, 0.15) is 0 Å². The molecule has 0 amide bonds. The van der Waals surface area contributed by atoms with Crippen molar-refractivity contribution in [3.05, 3.63) is 27.1 Å². The van der Waals surface area contributed by atoms with Crippen LogP contribution in [0.4, 0.5) is 5.00 Å². The van der Waals surface area contributed by atoms with E-state index in [0.717, 1.165) is 26.2 Å². The maximum Gasteiger partial charge on any atom is 0.324 e. The lowest BCUT2D eigenvalue weighted by Gasteiger charge is -2.37. The molecule has 1 aromatic heterocycles. The van der Waals surface area contributed by atoms with Crippen molar-refractivity contribution in [3.63, 3.8) is 0 Å². The molecule has 0 spiro atoms. The predicted octanol–water partition coefficient (Wildman–Crippen LogP) is 2.79. The summed E-state index contributed by atoms with van der Waals surface area (Å²) >= 11 is 1.37. The Morgan fingerprint density at radius 3 is 2.60 bits per heavy atom. The van der Waals surface area contributed by atoms with Crippen molar-refractivity contribution < 1.29 is 4.92 Å². The van der Waals surface area contributed by atoms with Crippen molar-refractivity contribution in [2.75, 3.05) is 26.2 Å². The molecule has 2 fully saturated rings. The lowest BCUT2D eigenvalue weighted by molar-refractivity contribution is -0.380. The zero-order valence-electron chi connectivity index (χ0n) is 11.6. The highest BCUT2D eigenvalue weighted by atomic mass is 32.1. The van der Waals surface area contributed by atoms with Crippen molar-refractivity contribution in [2.45, 2.75) is 31.7 Å². The molecule has 1 atom stereocenters. The Labute approximate surface area is 123 Å². The van der Waals surface area contributed by atoms with E-state index in [4.69, 9.17) is 0 Å². The summed E-state index contributed by atoms with van der Waals surface area (Å²) in [5, 5.41) is 14.6. The Morgan fingerprint density at radius 2 is 2.00 bits per heavy atom. The van der Waals surface area contributed by atoms with Crippen molar-refractivity contribution in [3.8, 4) is 0 Å². The molecule has 1 saturated carbocycles. The standard InChI is InChI=1S/C14H21N3O2S/c18-17(19)13-6-5-12(20-13)14(11-3-1-2-4-11)16-9-7-15-8-10-16/h5-6,11,14-15H,1-4,7-10H2/t14-/m1/s1. The second kappa shape index (κ2) is 6.20. The number of nitrogens with zero attached hydrogens (tertiary/aromatic N) is 2. The first-order valence-electron chi connectivity index (χ1n) is 7.44. The highest BCUT2D eigenvalue weighted by molar-refractivity contribution is 7.15. The van der Waals surface area contributed by atoms with Crippen LogP contribution in [0.25, 0.3) is 0 Å². The average molecular weight is 295 g/mol. The third-order valence-corrected chi connectivity index (χ3v) is 5.58. The van der Waals surface area contributed by atoms with E-state index < -0.39 is 0 Å². The molecule has 20 heavy (non-hydrogen) atoms. The van der Waals surface area contributed by atoms with E-state index in [0.29, 0.717) is 12.0 Å². The van der Waals surface area contributed by atoms with E-state index in [1.807, 2.05) is 6.07 Å². The van der Waals surface area contributed by atoms with Gasteiger partial charge in [-0.25, -0.2) is 0 Å². The number of rotatable bonds is 4. The number of nitrogens with one attached hydrogen (secondary N) is 1. The van der Waals surface area contributed by atoms with Crippen LogP contribution >= 0.6 is 11.3 Å². The fourth-order valence-electron chi connectivity index (χ4n) is 3.54. The molecule has 0 radical (unpaired) electrons. The van der Waals surface area contributed by atoms with Gasteiger partial charge < -0.3 is 5.32 Å². The van der Waals surface area contributed by atoms with Gasteiger partial charge >= 0.3 is 5.00 Å². The summed E-state index contributed by atoms with van der Waals surface area (Å²) < 4.78 is 0. The van der Waals surface area contributed by atoms with Gasteiger partial charge in [-0.1, -0.05) is 24.2 Å². The van der Waals surface area contributed by atoms with Crippen LogP contribution in [0.2, 0.25) is 0 Å². The average Bonchev–Trinajstić information content (AvgIpc) is 3.12. The molecule has 1 aromatic rings. The quantitative estimate of drug-likeness (QED) is 0.685. The molecule has 1 aliphatic heterocycles. The van der Waals surface area contributed by atoms with Crippen molar-refractivity contribution in [2.24, 2.45) is 5.92 Å². The summed E-state index contributed by atoms with van der Waals surface area (Å²) in [5.74, 6) is 0.673. The minimum atomic E-state index is -0.266. The molecule has 0 aromatic carbocycles. The Balaban J connectivity index is 1.84. The summed E-state index contributed by atoms with van der Waals surface area (Å²) in [6, 6.07) is 4.04. The Bertz CT molecular complexity index is 465. The fourth-order valence-corrected chi connectivity index (χ4v) is 4.59. The van der Waals surface area contributed by atoms with Gasteiger partial charge in [0.2, 0.25) is 0 Å². The van der Waals surface area contributed by atoms with Gasteiger partial charge in [0.25, 0.3) is 0 Å². The summed E-state index contributed by atoms with van der Waals surface area (Å²) in [6.45, 7) is 4.15. The molecule has 1 aliphatic carbocycles. The van der Waals surface area contributed by atoms with Crippen LogP contribution in [-0.2, 0) is 0 Å². The lowest BCUT2D eigenvalue weighted by Crippen LogP contribution is -2.46. The van der Waals surface area contributed by atoms with Crippen molar-refractivity contribution in [1.29, 1.82) is 0 Å². The SMILES string of the molecule is O=[N+]([O-])c1ccc([C@@H](C2CCCC2)N2CCNCC2)s1. The largest absolute Gasteiger partial charge is 0.324 e. The molecular weight excluding hydrogens is 274 g/mol. The minimum Gasteiger partial charge on any atom is -0.314 e. The van der Waals surface area contributed by atoms with Gasteiger partial charge in [0.15, 0.2) is 0 Å². The molecule has 2 heterocycles. The predicted molar refractivity (Wildman–Crippen MR) is 80.1 cm³/mol. The Kier molecular flexibility index (Phi) is 4.33. The zero-order valence-corrected chi connectivity index (χ0v) is 12.4. The smallest absolute Gasteiger partial charge is 0.314 e. The molecule has 6 heteroatoms. The molecule has 1 saturated heterocycles. The molecule has 0 unspecified atom stereocenters. The van der Waals surface area contributed by atoms with E-state index >= 15 is 0 Å².